The van der Waals surface area contributed by atoms with E-state index in [9.17, 15) is 34.2 Å². The van der Waals surface area contributed by atoms with Crippen LogP contribution in [0.5, 0.6) is 5.75 Å². The molecule has 0 aromatic heterocycles. The van der Waals surface area contributed by atoms with Crippen molar-refractivity contribution in [2.45, 2.75) is 42.1 Å². The summed E-state index contributed by atoms with van der Waals surface area (Å²) in [6.07, 6.45) is 2.45. The minimum absolute atomic E-state index is 0.333. The number of benzene rings is 1. The number of aliphatic hydroxyl groups is 1. The van der Waals surface area contributed by atoms with E-state index in [2.05, 4.69) is 10.3 Å². The molecule has 0 bridgehead atoms. The van der Waals surface area contributed by atoms with E-state index in [1.54, 1.807) is 38.1 Å². The Morgan fingerprint density at radius 3 is 2.39 bits per heavy atom. The number of carbonyl (C=O) groups excluding carboxylic acids is 4. The molecule has 12 heteroatoms. The maximum Gasteiger partial charge on any atom is 0.327 e. The minimum Gasteiger partial charge on any atom is -0.515 e. The first-order valence-corrected chi connectivity index (χ1v) is 11.7. The number of methoxy groups -OCH3 is 1. The summed E-state index contributed by atoms with van der Waals surface area (Å²) in [5.74, 6) is -3.24. The molecule has 1 aromatic carbocycles. The number of ketones is 2. The van der Waals surface area contributed by atoms with Gasteiger partial charge in [-0.1, -0.05) is 12.1 Å². The predicted octanol–water partition coefficient (Wildman–Crippen LogP) is 0.959. The highest BCUT2D eigenvalue weighted by Gasteiger charge is 2.64. The minimum atomic E-state index is -1.36. The van der Waals surface area contributed by atoms with E-state index >= 15 is 0 Å². The van der Waals surface area contributed by atoms with Gasteiger partial charge >= 0.3 is 5.97 Å². The normalized spacial score (nSPS) is 27.6. The van der Waals surface area contributed by atoms with E-state index in [4.69, 9.17) is 4.74 Å². The van der Waals surface area contributed by atoms with Crippen molar-refractivity contribution in [3.63, 3.8) is 0 Å². The number of nitrogens with one attached hydrogen (secondary N) is 1. The van der Waals surface area contributed by atoms with Gasteiger partial charge in [0.1, 0.15) is 28.9 Å². The first-order valence-electron chi connectivity index (χ1n) is 10.9. The van der Waals surface area contributed by atoms with Crippen LogP contribution < -0.4 is 10.1 Å². The molecule has 1 aliphatic carbocycles. The van der Waals surface area contributed by atoms with Crippen LogP contribution >= 0.6 is 11.8 Å². The SMILES string of the molecule is COc1ccc([C@@H](N=C2C(=O)C=CC(=O)/C2=C\O)C(=O)N[C@@H]2C(=O)N3[C@@H]2SC(C)(C)[C@@H]3C(=O)O)cc1. The quantitative estimate of drug-likeness (QED) is 0.286. The number of carbonyl (C=O) groups is 5. The Bertz CT molecular complexity index is 1250. The van der Waals surface area contributed by atoms with Crippen molar-refractivity contribution in [1.29, 1.82) is 0 Å². The van der Waals surface area contributed by atoms with Crippen molar-refractivity contribution in [3.8, 4) is 5.75 Å². The lowest BCUT2D eigenvalue weighted by atomic mass is 9.95. The van der Waals surface area contributed by atoms with Crippen molar-refractivity contribution in [2.75, 3.05) is 7.11 Å². The van der Waals surface area contributed by atoms with Gasteiger partial charge in [-0.3, -0.25) is 24.2 Å². The van der Waals surface area contributed by atoms with E-state index in [1.165, 1.54) is 23.8 Å². The maximum atomic E-state index is 13.4. The van der Waals surface area contributed by atoms with Crippen LogP contribution in [0.3, 0.4) is 0 Å². The van der Waals surface area contributed by atoms with E-state index in [1.807, 2.05) is 0 Å². The molecule has 188 valence electrons. The Morgan fingerprint density at radius 2 is 1.81 bits per heavy atom. The lowest BCUT2D eigenvalue weighted by Gasteiger charge is -2.43. The second kappa shape index (κ2) is 9.26. The highest BCUT2D eigenvalue weighted by molar-refractivity contribution is 8.01. The zero-order chi connectivity index (χ0) is 26.4. The Hall–Kier alpha value is -3.93. The average Bonchev–Trinajstić information content (AvgIpc) is 3.10. The van der Waals surface area contributed by atoms with Crippen LogP contribution in [-0.2, 0) is 24.0 Å². The monoisotopic (exact) mass is 513 g/mol. The number of aliphatic imine (C=N–C) groups is 1. The molecule has 3 aliphatic rings. The highest BCUT2D eigenvalue weighted by atomic mass is 32.2. The molecule has 2 amide bonds. The number of aliphatic hydroxyl groups excluding tert-OH is 1. The molecular weight excluding hydrogens is 490 g/mol. The van der Waals surface area contributed by atoms with Gasteiger partial charge in [-0.15, -0.1) is 11.8 Å². The van der Waals surface area contributed by atoms with E-state index < -0.39 is 63.3 Å². The summed E-state index contributed by atoms with van der Waals surface area (Å²) in [6.45, 7) is 3.43. The summed E-state index contributed by atoms with van der Waals surface area (Å²) in [6, 6.07) is 2.85. The molecule has 1 aromatic rings. The van der Waals surface area contributed by atoms with Crippen LogP contribution in [0.1, 0.15) is 25.5 Å². The van der Waals surface area contributed by atoms with Crippen LogP contribution in [0.15, 0.2) is 53.2 Å². The molecule has 0 unspecified atom stereocenters. The standard InChI is InChI=1S/C24H23N3O8S/c1-24(2)19(23(33)34)27-21(32)18(22(27)36-24)26-20(31)16(11-4-6-12(35-3)7-5-11)25-17-13(10-28)14(29)8-9-15(17)30/h4-10,16,18-19,22,28H,1-3H3,(H,26,31)(H,33,34)/b13-10+,25-17?/t16-,18-,19+,22-/m1/s1. The summed E-state index contributed by atoms with van der Waals surface area (Å²) in [7, 11) is 1.47. The molecule has 11 nitrogen and oxygen atoms in total. The zero-order valence-electron chi connectivity index (χ0n) is 19.5. The molecule has 4 rings (SSSR count). The predicted molar refractivity (Wildman–Crippen MR) is 129 cm³/mol. The maximum absolute atomic E-state index is 13.4. The van der Waals surface area contributed by atoms with Gasteiger partial charge in [0, 0.05) is 4.75 Å². The number of thioether (sulfide) groups is 1. The summed E-state index contributed by atoms with van der Waals surface area (Å²) in [5, 5.41) is 21.2. The van der Waals surface area contributed by atoms with Crippen LogP contribution in [0, 0.1) is 0 Å². The first-order chi connectivity index (χ1) is 17.0. The molecule has 36 heavy (non-hydrogen) atoms. The molecule has 2 heterocycles. The van der Waals surface area contributed by atoms with E-state index in [0.717, 1.165) is 12.2 Å². The largest absolute Gasteiger partial charge is 0.515 e. The van der Waals surface area contributed by atoms with E-state index in [0.29, 0.717) is 17.6 Å². The molecule has 4 atom stereocenters. The van der Waals surface area contributed by atoms with Crippen molar-refractivity contribution >= 4 is 46.8 Å². The lowest BCUT2D eigenvalue weighted by Crippen LogP contribution is -2.70. The van der Waals surface area contributed by atoms with E-state index in [-0.39, 0.29) is 5.57 Å². The number of nitrogens with zero attached hydrogens (tertiary/aromatic N) is 2. The Labute approximate surface area is 209 Å². The summed E-state index contributed by atoms with van der Waals surface area (Å²) in [5.41, 5.74) is -0.429. The van der Waals surface area contributed by atoms with Crippen LogP contribution in [0.2, 0.25) is 0 Å². The summed E-state index contributed by atoms with van der Waals surface area (Å²) < 4.78 is 4.36. The number of fused-ring (bicyclic) bond motifs is 1. The number of rotatable bonds is 6. The zero-order valence-corrected chi connectivity index (χ0v) is 20.3. The number of aliphatic carboxylic acids is 1. The van der Waals surface area contributed by atoms with Crippen LogP contribution in [0.25, 0.3) is 0 Å². The van der Waals surface area contributed by atoms with Crippen molar-refractivity contribution in [1.82, 2.24) is 10.2 Å². The van der Waals surface area contributed by atoms with Crippen LogP contribution in [0.4, 0.5) is 0 Å². The topological polar surface area (TPSA) is 163 Å². The average molecular weight is 514 g/mol. The number of allylic oxidation sites excluding steroid dienone is 3. The number of amides is 2. The number of carboxylic acid groups (broad SMARTS) is 1. The van der Waals surface area contributed by atoms with Gasteiger partial charge in [-0.05, 0) is 43.7 Å². The fraction of sp³-hybridized carbons (Fsp3) is 0.333. The van der Waals surface area contributed by atoms with Gasteiger partial charge in [0.25, 0.3) is 0 Å². The number of ether oxygens (including phenoxy) is 1. The number of hydrogen-bond acceptors (Lipinski definition) is 9. The lowest BCUT2D eigenvalue weighted by molar-refractivity contribution is -0.161. The van der Waals surface area contributed by atoms with Gasteiger partial charge in [-0.25, -0.2) is 4.79 Å². The van der Waals surface area contributed by atoms with Crippen molar-refractivity contribution in [3.05, 3.63) is 53.8 Å². The van der Waals surface area contributed by atoms with Gasteiger partial charge in [0.15, 0.2) is 11.8 Å². The Kier molecular flexibility index (Phi) is 6.48. The fourth-order valence-corrected chi connectivity index (χ4v) is 6.03. The second-order valence-electron chi connectivity index (χ2n) is 8.84. The number of hydrogen-bond donors (Lipinski definition) is 3. The Morgan fingerprint density at radius 1 is 1.17 bits per heavy atom. The third kappa shape index (κ3) is 4.17. The summed E-state index contributed by atoms with van der Waals surface area (Å²) >= 11 is 1.27. The van der Waals surface area contributed by atoms with Gasteiger partial charge in [0.05, 0.1) is 18.9 Å². The van der Waals surface area contributed by atoms with Crippen molar-refractivity contribution in [2.24, 2.45) is 4.99 Å². The van der Waals surface area contributed by atoms with Gasteiger partial charge in [0.2, 0.25) is 17.6 Å². The van der Waals surface area contributed by atoms with Crippen molar-refractivity contribution < 1.29 is 38.9 Å². The second-order valence-corrected chi connectivity index (χ2v) is 10.6. The summed E-state index contributed by atoms with van der Waals surface area (Å²) in [4.78, 5) is 68.1. The Balaban J connectivity index is 1.67. The third-order valence-electron chi connectivity index (χ3n) is 6.18. The third-order valence-corrected chi connectivity index (χ3v) is 7.75. The number of β-lactam (4-membered cyclic amide) rings is 1. The first kappa shape index (κ1) is 25.2. The molecule has 0 radical (unpaired) electrons. The van der Waals surface area contributed by atoms with Crippen LogP contribution in [-0.4, -0.2) is 79.5 Å². The smallest absolute Gasteiger partial charge is 0.327 e. The molecular formula is C24H23N3O8S. The highest BCUT2D eigenvalue weighted by Crippen LogP contribution is 2.50. The molecule has 3 N–H and O–H groups in total. The fourth-order valence-electron chi connectivity index (χ4n) is 4.40. The molecule has 0 saturated carbocycles. The molecule has 0 spiro atoms. The van der Waals surface area contributed by atoms with Gasteiger partial charge in [-0.2, -0.15) is 0 Å². The number of carboxylic acids is 1. The molecule has 2 saturated heterocycles. The van der Waals surface area contributed by atoms with Gasteiger partial charge < -0.3 is 25.2 Å². The molecule has 2 fully saturated rings. The molecule has 2 aliphatic heterocycles.